The third kappa shape index (κ3) is 5.56. The molecule has 1 aliphatic rings. The first-order chi connectivity index (χ1) is 8.28. The lowest BCUT2D eigenvalue weighted by molar-refractivity contribution is -0.148. The smallest absolute Gasteiger partial charge is 0.334 e. The first kappa shape index (κ1) is 15.1. The molecule has 0 N–H and O–H groups in total. The van der Waals surface area contributed by atoms with E-state index in [2.05, 4.69) is 13.8 Å². The summed E-state index contributed by atoms with van der Waals surface area (Å²) in [5.74, 6) is 1.59. The molecule has 1 saturated heterocycles. The molecule has 0 aliphatic carbocycles. The van der Waals surface area contributed by atoms with E-state index in [0.717, 1.165) is 25.2 Å². The van der Waals surface area contributed by atoms with Crippen LogP contribution in [-0.4, -0.2) is 18.2 Å². The number of hydrogen-bond acceptors (Lipinski definition) is 3. The number of carbonyl (C=O) groups excluding carboxylic acids is 1. The Balaban J connectivity index is 2.55. The monoisotopic (exact) mass is 254 g/mol. The summed E-state index contributed by atoms with van der Waals surface area (Å²) in [4.78, 5) is 11.7. The van der Waals surface area contributed by atoms with Crippen molar-refractivity contribution in [3.8, 4) is 0 Å². The van der Waals surface area contributed by atoms with E-state index in [4.69, 9.17) is 9.47 Å². The van der Waals surface area contributed by atoms with E-state index in [-0.39, 0.29) is 5.97 Å². The minimum Gasteiger partial charge on any atom is -0.497 e. The molecule has 0 radical (unpaired) electrons. The van der Waals surface area contributed by atoms with Gasteiger partial charge in [0.05, 0.1) is 12.7 Å². The molecule has 0 aromatic heterocycles. The summed E-state index contributed by atoms with van der Waals surface area (Å²) in [6, 6.07) is 0. The Morgan fingerprint density at radius 1 is 1.50 bits per heavy atom. The average Bonchev–Trinajstić information content (AvgIpc) is 2.59. The zero-order chi connectivity index (χ0) is 13.8. The second-order valence-corrected chi connectivity index (χ2v) is 6.39. The minimum absolute atomic E-state index is 0.297. The van der Waals surface area contributed by atoms with E-state index >= 15 is 0 Å². The fraction of sp³-hybridized carbons (Fsp3) is 0.800. The highest BCUT2D eigenvalue weighted by Gasteiger charge is 2.25. The van der Waals surface area contributed by atoms with Crippen LogP contribution in [0.25, 0.3) is 0 Å². The summed E-state index contributed by atoms with van der Waals surface area (Å²) in [7, 11) is 0. The zero-order valence-corrected chi connectivity index (χ0v) is 12.3. The largest absolute Gasteiger partial charge is 0.497 e. The predicted molar refractivity (Wildman–Crippen MR) is 72.1 cm³/mol. The lowest BCUT2D eigenvalue weighted by atomic mass is 9.95. The molecule has 1 aliphatic heterocycles. The number of allylic oxidation sites excluding steroid dienone is 1. The highest BCUT2D eigenvalue weighted by Crippen LogP contribution is 2.30. The Hall–Kier alpha value is -0.990. The SMILES string of the molecule is CC(C)CCC1CCO/C1=C\C(=O)OC(C)(C)C. The lowest BCUT2D eigenvalue weighted by Crippen LogP contribution is -2.23. The fourth-order valence-electron chi connectivity index (χ4n) is 2.01. The molecule has 104 valence electrons. The van der Waals surface area contributed by atoms with Crippen LogP contribution in [0.4, 0.5) is 0 Å². The van der Waals surface area contributed by atoms with Crippen LogP contribution in [0.15, 0.2) is 11.8 Å². The summed E-state index contributed by atoms with van der Waals surface area (Å²) < 4.78 is 10.8. The van der Waals surface area contributed by atoms with Crippen LogP contribution < -0.4 is 0 Å². The molecule has 1 rings (SSSR count). The van der Waals surface area contributed by atoms with Gasteiger partial charge in [-0.1, -0.05) is 20.3 Å². The van der Waals surface area contributed by atoms with Crippen LogP contribution >= 0.6 is 0 Å². The van der Waals surface area contributed by atoms with Crippen LogP contribution in [0.2, 0.25) is 0 Å². The first-order valence-electron chi connectivity index (χ1n) is 6.85. The molecule has 0 spiro atoms. The van der Waals surface area contributed by atoms with Gasteiger partial charge in [0.25, 0.3) is 0 Å². The Morgan fingerprint density at radius 2 is 2.17 bits per heavy atom. The van der Waals surface area contributed by atoms with E-state index in [1.54, 1.807) is 0 Å². The lowest BCUT2D eigenvalue weighted by Gasteiger charge is -2.18. The number of hydrogen-bond donors (Lipinski definition) is 0. The summed E-state index contributed by atoms with van der Waals surface area (Å²) in [5, 5.41) is 0. The maximum absolute atomic E-state index is 11.7. The second kappa shape index (κ2) is 6.26. The third-order valence-electron chi connectivity index (χ3n) is 2.90. The van der Waals surface area contributed by atoms with Crippen molar-refractivity contribution in [3.63, 3.8) is 0 Å². The van der Waals surface area contributed by atoms with Crippen molar-refractivity contribution in [2.24, 2.45) is 11.8 Å². The third-order valence-corrected chi connectivity index (χ3v) is 2.90. The van der Waals surface area contributed by atoms with Crippen molar-refractivity contribution >= 4 is 5.97 Å². The van der Waals surface area contributed by atoms with Crippen molar-refractivity contribution in [1.29, 1.82) is 0 Å². The Labute approximate surface area is 111 Å². The van der Waals surface area contributed by atoms with E-state index in [0.29, 0.717) is 11.8 Å². The molecule has 1 fully saturated rings. The molecule has 1 unspecified atom stereocenters. The van der Waals surface area contributed by atoms with Crippen LogP contribution in [0.3, 0.4) is 0 Å². The molecule has 3 nitrogen and oxygen atoms in total. The highest BCUT2D eigenvalue weighted by molar-refractivity contribution is 5.82. The van der Waals surface area contributed by atoms with Crippen molar-refractivity contribution in [2.75, 3.05) is 6.61 Å². The Bertz CT molecular complexity index is 310. The van der Waals surface area contributed by atoms with Gasteiger partial charge in [0.15, 0.2) is 0 Å². The molecule has 18 heavy (non-hydrogen) atoms. The second-order valence-electron chi connectivity index (χ2n) is 6.39. The fourth-order valence-corrected chi connectivity index (χ4v) is 2.01. The van der Waals surface area contributed by atoms with Crippen molar-refractivity contribution < 1.29 is 14.3 Å². The van der Waals surface area contributed by atoms with Gasteiger partial charge in [-0.25, -0.2) is 4.79 Å². The molecular formula is C15H26O3. The van der Waals surface area contributed by atoms with Gasteiger partial charge in [-0.15, -0.1) is 0 Å². The summed E-state index contributed by atoms with van der Waals surface area (Å²) in [5.41, 5.74) is -0.444. The molecule has 0 saturated carbocycles. The molecular weight excluding hydrogens is 228 g/mol. The zero-order valence-electron chi connectivity index (χ0n) is 12.3. The molecule has 1 heterocycles. The van der Waals surface area contributed by atoms with E-state index < -0.39 is 5.60 Å². The van der Waals surface area contributed by atoms with E-state index in [1.807, 2.05) is 20.8 Å². The van der Waals surface area contributed by atoms with Gasteiger partial charge in [-0.05, 0) is 39.5 Å². The van der Waals surface area contributed by atoms with Crippen LogP contribution in [-0.2, 0) is 14.3 Å². The summed E-state index contributed by atoms with van der Waals surface area (Å²) in [6.45, 7) is 10.8. The normalized spacial score (nSPS) is 22.3. The molecule has 1 atom stereocenters. The molecule has 0 aromatic rings. The van der Waals surface area contributed by atoms with Gasteiger partial charge in [0, 0.05) is 5.92 Å². The van der Waals surface area contributed by atoms with Gasteiger partial charge >= 0.3 is 5.97 Å². The Morgan fingerprint density at radius 3 is 2.72 bits per heavy atom. The number of esters is 1. The molecule has 0 bridgehead atoms. The summed E-state index contributed by atoms with van der Waals surface area (Å²) in [6.07, 6.45) is 4.80. The topological polar surface area (TPSA) is 35.5 Å². The molecule has 0 amide bonds. The number of rotatable bonds is 4. The number of ether oxygens (including phenoxy) is 2. The molecule has 0 aromatic carbocycles. The molecule has 3 heteroatoms. The van der Waals surface area contributed by atoms with Crippen molar-refractivity contribution in [1.82, 2.24) is 0 Å². The van der Waals surface area contributed by atoms with Crippen molar-refractivity contribution in [2.45, 2.75) is 59.5 Å². The van der Waals surface area contributed by atoms with Gasteiger partial charge in [0.1, 0.15) is 11.4 Å². The summed E-state index contributed by atoms with van der Waals surface area (Å²) >= 11 is 0. The maximum atomic E-state index is 11.7. The average molecular weight is 254 g/mol. The quantitative estimate of drug-likeness (QED) is 0.567. The number of carbonyl (C=O) groups is 1. The highest BCUT2D eigenvalue weighted by atomic mass is 16.6. The van der Waals surface area contributed by atoms with Crippen LogP contribution in [0.1, 0.15) is 53.9 Å². The first-order valence-corrected chi connectivity index (χ1v) is 6.85. The standard InChI is InChI=1S/C15H26O3/c1-11(2)6-7-12-8-9-17-13(12)10-14(16)18-15(3,4)5/h10-12H,6-9H2,1-5H3/b13-10-. The predicted octanol–water partition coefficient (Wildman–Crippen LogP) is 3.68. The van der Waals surface area contributed by atoms with Crippen molar-refractivity contribution in [3.05, 3.63) is 11.8 Å². The van der Waals surface area contributed by atoms with Crippen LogP contribution in [0, 0.1) is 11.8 Å². The van der Waals surface area contributed by atoms with Gasteiger partial charge in [-0.2, -0.15) is 0 Å². The van der Waals surface area contributed by atoms with Gasteiger partial charge in [-0.3, -0.25) is 0 Å². The minimum atomic E-state index is -0.444. The van der Waals surface area contributed by atoms with E-state index in [1.165, 1.54) is 12.5 Å². The Kier molecular flexibility index (Phi) is 5.24. The van der Waals surface area contributed by atoms with E-state index in [9.17, 15) is 4.79 Å². The van der Waals surface area contributed by atoms with Gasteiger partial charge < -0.3 is 9.47 Å². The maximum Gasteiger partial charge on any atom is 0.334 e. The van der Waals surface area contributed by atoms with Crippen LogP contribution in [0.5, 0.6) is 0 Å². The van der Waals surface area contributed by atoms with Gasteiger partial charge in [0.2, 0.25) is 0 Å².